The number of nitrogens with one attached hydrogen (secondary N) is 3. The van der Waals surface area contributed by atoms with Gasteiger partial charge in [-0.3, -0.25) is 10.1 Å². The Balaban J connectivity index is 1.59. The Morgan fingerprint density at radius 1 is 1.00 bits per heavy atom. The predicted molar refractivity (Wildman–Crippen MR) is 128 cm³/mol. The van der Waals surface area contributed by atoms with E-state index in [1.54, 1.807) is 12.4 Å². The summed E-state index contributed by atoms with van der Waals surface area (Å²) in [4.78, 5) is 17.6. The molecule has 0 aliphatic rings. The standard InChI is InChI=1S/C23H21ClN8/c1-2-5-19-13-21(32-31-19)29-23-28-20(10-9-16-6-3-8-18(24)12-16)27-22(30-23)26-15-17-7-4-11-25-14-17/h2-14H,15H2,1H3,(H3,26,27,28,29,30,31,32)/b5-2+,10-9+. The van der Waals surface area contributed by atoms with Gasteiger partial charge in [0, 0.05) is 30.0 Å². The van der Waals surface area contributed by atoms with Crippen LogP contribution in [0.3, 0.4) is 0 Å². The number of nitrogens with zero attached hydrogens (tertiary/aromatic N) is 5. The first-order valence-corrected chi connectivity index (χ1v) is 10.3. The number of rotatable bonds is 8. The predicted octanol–water partition coefficient (Wildman–Crippen LogP) is 5.20. The molecule has 160 valence electrons. The van der Waals surface area contributed by atoms with E-state index in [0.29, 0.717) is 35.1 Å². The van der Waals surface area contributed by atoms with Crippen LogP contribution < -0.4 is 10.6 Å². The SMILES string of the molecule is C/C=C/c1cc(Nc2nc(/C=C/c3cccc(Cl)c3)nc(NCc3cccnc3)n2)n[nH]1. The van der Waals surface area contributed by atoms with E-state index < -0.39 is 0 Å². The average Bonchev–Trinajstić information content (AvgIpc) is 3.24. The number of pyridine rings is 1. The lowest BCUT2D eigenvalue weighted by molar-refractivity contribution is 0.985. The fourth-order valence-corrected chi connectivity index (χ4v) is 3.05. The first-order chi connectivity index (χ1) is 15.7. The lowest BCUT2D eigenvalue weighted by Gasteiger charge is -2.08. The summed E-state index contributed by atoms with van der Waals surface area (Å²) in [5.74, 6) is 1.90. The maximum Gasteiger partial charge on any atom is 0.233 e. The molecular formula is C23H21ClN8. The number of benzene rings is 1. The molecule has 0 aliphatic heterocycles. The molecule has 9 heteroatoms. The van der Waals surface area contributed by atoms with Gasteiger partial charge in [-0.1, -0.05) is 42.0 Å². The summed E-state index contributed by atoms with van der Waals surface area (Å²) >= 11 is 6.08. The van der Waals surface area contributed by atoms with Crippen LogP contribution in [-0.4, -0.2) is 30.1 Å². The van der Waals surface area contributed by atoms with Crippen LogP contribution in [0.2, 0.25) is 5.02 Å². The summed E-state index contributed by atoms with van der Waals surface area (Å²) in [6.07, 6.45) is 11.1. The van der Waals surface area contributed by atoms with Crippen LogP contribution in [-0.2, 0) is 6.54 Å². The third-order valence-corrected chi connectivity index (χ3v) is 4.52. The summed E-state index contributed by atoms with van der Waals surface area (Å²) < 4.78 is 0. The Morgan fingerprint density at radius 3 is 2.72 bits per heavy atom. The minimum Gasteiger partial charge on any atom is -0.350 e. The fourth-order valence-electron chi connectivity index (χ4n) is 2.85. The number of allylic oxidation sites excluding steroid dienone is 1. The zero-order valence-corrected chi connectivity index (χ0v) is 18.1. The van der Waals surface area contributed by atoms with E-state index >= 15 is 0 Å². The van der Waals surface area contributed by atoms with Gasteiger partial charge in [0.1, 0.15) is 0 Å². The highest BCUT2D eigenvalue weighted by Crippen LogP contribution is 2.17. The highest BCUT2D eigenvalue weighted by atomic mass is 35.5. The summed E-state index contributed by atoms with van der Waals surface area (Å²) in [5.41, 5.74) is 2.84. The van der Waals surface area contributed by atoms with Crippen molar-refractivity contribution in [3.05, 3.63) is 88.6 Å². The smallest absolute Gasteiger partial charge is 0.233 e. The Hall–Kier alpha value is -4.04. The molecule has 0 bridgehead atoms. The maximum atomic E-state index is 6.08. The minimum atomic E-state index is 0.373. The van der Waals surface area contributed by atoms with Gasteiger partial charge < -0.3 is 10.6 Å². The van der Waals surface area contributed by atoms with Gasteiger partial charge in [0.05, 0.1) is 5.69 Å². The van der Waals surface area contributed by atoms with E-state index in [0.717, 1.165) is 16.8 Å². The summed E-state index contributed by atoms with van der Waals surface area (Å²) in [7, 11) is 0. The van der Waals surface area contributed by atoms with E-state index in [1.807, 2.05) is 73.7 Å². The van der Waals surface area contributed by atoms with Crippen molar-refractivity contribution >= 4 is 47.5 Å². The van der Waals surface area contributed by atoms with E-state index in [-0.39, 0.29) is 0 Å². The van der Waals surface area contributed by atoms with Crippen molar-refractivity contribution in [3.8, 4) is 0 Å². The second kappa shape index (κ2) is 10.3. The van der Waals surface area contributed by atoms with Crippen molar-refractivity contribution in [1.29, 1.82) is 0 Å². The molecule has 1 aromatic carbocycles. The van der Waals surface area contributed by atoms with Crippen LogP contribution in [0.5, 0.6) is 0 Å². The topological polar surface area (TPSA) is 104 Å². The third-order valence-electron chi connectivity index (χ3n) is 4.28. The van der Waals surface area contributed by atoms with Gasteiger partial charge in [-0.15, -0.1) is 0 Å². The van der Waals surface area contributed by atoms with E-state index in [2.05, 4.69) is 40.8 Å². The molecule has 0 saturated carbocycles. The van der Waals surface area contributed by atoms with Crippen LogP contribution in [0.15, 0.2) is 60.9 Å². The molecule has 0 atom stereocenters. The van der Waals surface area contributed by atoms with Gasteiger partial charge in [0.2, 0.25) is 11.9 Å². The van der Waals surface area contributed by atoms with E-state index in [4.69, 9.17) is 11.6 Å². The van der Waals surface area contributed by atoms with E-state index in [9.17, 15) is 0 Å². The summed E-state index contributed by atoms with van der Waals surface area (Å²) in [6.45, 7) is 2.47. The molecule has 0 saturated heterocycles. The molecule has 0 aliphatic carbocycles. The number of hydrogen-bond acceptors (Lipinski definition) is 7. The van der Waals surface area contributed by atoms with Crippen LogP contribution in [0.1, 0.15) is 29.6 Å². The third kappa shape index (κ3) is 5.99. The van der Waals surface area contributed by atoms with Gasteiger partial charge in [0.15, 0.2) is 11.6 Å². The number of H-pyrrole nitrogens is 1. The lowest BCUT2D eigenvalue weighted by Crippen LogP contribution is -2.08. The van der Waals surface area contributed by atoms with Crippen LogP contribution in [0.25, 0.3) is 18.2 Å². The molecule has 32 heavy (non-hydrogen) atoms. The first kappa shape index (κ1) is 21.2. The number of hydrogen-bond donors (Lipinski definition) is 3. The average molecular weight is 445 g/mol. The van der Waals surface area contributed by atoms with Crippen LogP contribution in [0.4, 0.5) is 17.7 Å². The lowest BCUT2D eigenvalue weighted by atomic mass is 10.2. The van der Waals surface area contributed by atoms with Gasteiger partial charge >= 0.3 is 0 Å². The summed E-state index contributed by atoms with van der Waals surface area (Å²) in [5, 5.41) is 14.2. The molecule has 0 fully saturated rings. The maximum absolute atomic E-state index is 6.08. The molecule has 3 N–H and O–H groups in total. The Morgan fingerprint density at radius 2 is 1.91 bits per heavy atom. The zero-order valence-electron chi connectivity index (χ0n) is 17.3. The van der Waals surface area contributed by atoms with Crippen molar-refractivity contribution in [2.45, 2.75) is 13.5 Å². The van der Waals surface area contributed by atoms with Gasteiger partial charge in [-0.25, -0.2) is 0 Å². The highest BCUT2D eigenvalue weighted by molar-refractivity contribution is 6.30. The molecule has 3 aromatic heterocycles. The van der Waals surface area contributed by atoms with Gasteiger partial charge in [-0.05, 0) is 48.4 Å². The molecule has 0 radical (unpaired) electrons. The minimum absolute atomic E-state index is 0.373. The van der Waals surface area contributed by atoms with Crippen molar-refractivity contribution in [1.82, 2.24) is 30.1 Å². The second-order valence-corrected chi connectivity index (χ2v) is 7.21. The van der Waals surface area contributed by atoms with Crippen molar-refractivity contribution in [3.63, 3.8) is 0 Å². The zero-order chi connectivity index (χ0) is 22.2. The number of aromatic nitrogens is 6. The van der Waals surface area contributed by atoms with Crippen molar-refractivity contribution in [2.24, 2.45) is 0 Å². The molecule has 8 nitrogen and oxygen atoms in total. The highest BCUT2D eigenvalue weighted by Gasteiger charge is 2.08. The number of halogens is 1. The van der Waals surface area contributed by atoms with Crippen molar-refractivity contribution < 1.29 is 0 Å². The fraction of sp³-hybridized carbons (Fsp3) is 0.0870. The van der Waals surface area contributed by atoms with Gasteiger partial charge in [-0.2, -0.15) is 20.1 Å². The molecule has 3 heterocycles. The molecule has 4 aromatic rings. The Labute approximate surface area is 190 Å². The number of anilines is 3. The quantitative estimate of drug-likeness (QED) is 0.343. The van der Waals surface area contributed by atoms with Gasteiger partial charge in [0.25, 0.3) is 0 Å². The Kier molecular flexibility index (Phi) is 6.84. The van der Waals surface area contributed by atoms with Crippen LogP contribution in [0, 0.1) is 0 Å². The van der Waals surface area contributed by atoms with Crippen molar-refractivity contribution in [2.75, 3.05) is 10.6 Å². The molecule has 0 unspecified atom stereocenters. The molecular weight excluding hydrogens is 424 g/mol. The number of aromatic amines is 1. The monoisotopic (exact) mass is 444 g/mol. The normalized spacial score (nSPS) is 11.3. The summed E-state index contributed by atoms with van der Waals surface area (Å²) in [6, 6.07) is 13.3. The largest absolute Gasteiger partial charge is 0.350 e. The van der Waals surface area contributed by atoms with Crippen LogP contribution >= 0.6 is 11.6 Å². The molecule has 0 spiro atoms. The first-order valence-electron chi connectivity index (χ1n) is 9.95. The molecule has 4 rings (SSSR count). The van der Waals surface area contributed by atoms with E-state index in [1.165, 1.54) is 0 Å². The second-order valence-electron chi connectivity index (χ2n) is 6.78. The molecule has 0 amide bonds. The Bertz CT molecular complexity index is 1230.